The molecule has 0 spiro atoms. The largest absolute Gasteiger partial charge is 0.335 e. The van der Waals surface area contributed by atoms with Crippen molar-refractivity contribution in [2.45, 2.75) is 12.6 Å². The van der Waals surface area contributed by atoms with E-state index in [0.29, 0.717) is 19.4 Å². The van der Waals surface area contributed by atoms with Gasteiger partial charge in [0.05, 0.1) is 19.4 Å². The maximum absolute atomic E-state index is 12.0. The van der Waals surface area contributed by atoms with Crippen molar-refractivity contribution in [3.05, 3.63) is 35.9 Å². The summed E-state index contributed by atoms with van der Waals surface area (Å²) in [5.41, 5.74) is 0.998. The second-order valence-corrected chi connectivity index (χ2v) is 5.33. The van der Waals surface area contributed by atoms with Gasteiger partial charge in [0.1, 0.15) is 0 Å². The topological polar surface area (TPSA) is 35.5 Å². The summed E-state index contributed by atoms with van der Waals surface area (Å²) in [5, 5.41) is 0. The van der Waals surface area contributed by atoms with E-state index in [1.54, 1.807) is 0 Å². The highest BCUT2D eigenvalue weighted by Crippen LogP contribution is 2.53. The SMILES string of the molecule is O=P1(Cc2ccccc2)OCCCO1. The number of rotatable bonds is 2. The Labute approximate surface area is 83.6 Å². The van der Waals surface area contributed by atoms with E-state index >= 15 is 0 Å². The zero-order chi connectivity index (χ0) is 9.86. The van der Waals surface area contributed by atoms with E-state index < -0.39 is 7.60 Å². The van der Waals surface area contributed by atoms with Crippen molar-refractivity contribution >= 4 is 7.60 Å². The molecule has 1 heterocycles. The van der Waals surface area contributed by atoms with E-state index in [4.69, 9.17) is 9.05 Å². The van der Waals surface area contributed by atoms with Crippen LogP contribution in [0.15, 0.2) is 30.3 Å². The second-order valence-electron chi connectivity index (χ2n) is 3.27. The van der Waals surface area contributed by atoms with Gasteiger partial charge in [-0.3, -0.25) is 4.57 Å². The smallest absolute Gasteiger partial charge is 0.308 e. The lowest BCUT2D eigenvalue weighted by atomic mass is 10.2. The minimum atomic E-state index is -2.84. The van der Waals surface area contributed by atoms with Crippen molar-refractivity contribution in [2.75, 3.05) is 13.2 Å². The van der Waals surface area contributed by atoms with Gasteiger partial charge in [0.15, 0.2) is 0 Å². The van der Waals surface area contributed by atoms with E-state index in [9.17, 15) is 4.57 Å². The molecule has 0 aromatic heterocycles. The summed E-state index contributed by atoms with van der Waals surface area (Å²) in [7, 11) is -2.84. The van der Waals surface area contributed by atoms with E-state index in [2.05, 4.69) is 0 Å². The molecule has 0 atom stereocenters. The average Bonchev–Trinajstić information content (AvgIpc) is 2.19. The van der Waals surface area contributed by atoms with E-state index in [-0.39, 0.29) is 0 Å². The summed E-state index contributed by atoms with van der Waals surface area (Å²) >= 11 is 0. The van der Waals surface area contributed by atoms with E-state index in [1.165, 1.54) is 0 Å². The number of hydrogen-bond acceptors (Lipinski definition) is 3. The predicted molar refractivity (Wildman–Crippen MR) is 54.3 cm³/mol. The molecule has 3 nitrogen and oxygen atoms in total. The van der Waals surface area contributed by atoms with Gasteiger partial charge in [0, 0.05) is 0 Å². The molecule has 1 aromatic carbocycles. The molecule has 0 amide bonds. The highest BCUT2D eigenvalue weighted by atomic mass is 31.2. The van der Waals surface area contributed by atoms with Gasteiger partial charge in [0.25, 0.3) is 0 Å². The first kappa shape index (κ1) is 9.91. The van der Waals surface area contributed by atoms with E-state index in [1.807, 2.05) is 30.3 Å². The quantitative estimate of drug-likeness (QED) is 0.707. The van der Waals surface area contributed by atoms with Crippen molar-refractivity contribution in [2.24, 2.45) is 0 Å². The second kappa shape index (κ2) is 4.26. The zero-order valence-electron chi connectivity index (χ0n) is 7.89. The average molecular weight is 212 g/mol. The van der Waals surface area contributed by atoms with Crippen LogP contribution in [-0.4, -0.2) is 13.2 Å². The third-order valence-corrected chi connectivity index (χ3v) is 3.99. The van der Waals surface area contributed by atoms with Crippen LogP contribution in [0.1, 0.15) is 12.0 Å². The lowest BCUT2D eigenvalue weighted by molar-refractivity contribution is 0.145. The summed E-state index contributed by atoms with van der Waals surface area (Å²) in [6.45, 7) is 1.09. The van der Waals surface area contributed by atoms with Gasteiger partial charge < -0.3 is 9.05 Å². The summed E-state index contributed by atoms with van der Waals surface area (Å²) < 4.78 is 22.4. The minimum Gasteiger partial charge on any atom is -0.308 e. The van der Waals surface area contributed by atoms with Crippen molar-refractivity contribution in [1.29, 1.82) is 0 Å². The predicted octanol–water partition coefficient (Wildman–Crippen LogP) is 2.82. The third kappa shape index (κ3) is 2.44. The lowest BCUT2D eigenvalue weighted by Crippen LogP contribution is -2.09. The fourth-order valence-electron chi connectivity index (χ4n) is 1.40. The summed E-state index contributed by atoms with van der Waals surface area (Å²) in [5.74, 6) is 0. The molecule has 0 radical (unpaired) electrons. The normalized spacial score (nSPS) is 20.6. The van der Waals surface area contributed by atoms with Crippen molar-refractivity contribution in [3.63, 3.8) is 0 Å². The Morgan fingerprint density at radius 1 is 1.14 bits per heavy atom. The maximum atomic E-state index is 12.0. The first-order chi connectivity index (χ1) is 6.79. The molecule has 0 aliphatic carbocycles. The molecule has 1 fully saturated rings. The Bertz CT molecular complexity index is 326. The van der Waals surface area contributed by atoms with Crippen molar-refractivity contribution < 1.29 is 13.6 Å². The molecule has 0 unspecified atom stereocenters. The molecule has 0 N–H and O–H groups in total. The molecule has 4 heteroatoms. The van der Waals surface area contributed by atoms with Gasteiger partial charge in [0.2, 0.25) is 0 Å². The van der Waals surface area contributed by atoms with Crippen LogP contribution in [0, 0.1) is 0 Å². The van der Waals surface area contributed by atoms with Crippen LogP contribution >= 0.6 is 7.60 Å². The monoisotopic (exact) mass is 212 g/mol. The molecule has 1 aliphatic heterocycles. The zero-order valence-corrected chi connectivity index (χ0v) is 8.78. The molecule has 1 saturated heterocycles. The summed E-state index contributed by atoms with van der Waals surface area (Å²) in [4.78, 5) is 0. The lowest BCUT2D eigenvalue weighted by Gasteiger charge is -2.22. The maximum Gasteiger partial charge on any atom is 0.335 e. The molecular weight excluding hydrogens is 199 g/mol. The fraction of sp³-hybridized carbons (Fsp3) is 0.400. The molecule has 76 valence electrons. The van der Waals surface area contributed by atoms with Gasteiger partial charge in [-0.05, 0) is 12.0 Å². The first-order valence-corrected chi connectivity index (χ1v) is 6.43. The Kier molecular flexibility index (Phi) is 3.02. The van der Waals surface area contributed by atoms with Crippen LogP contribution in [0.4, 0.5) is 0 Å². The molecular formula is C10H13O3P. The Balaban J connectivity index is 2.06. The van der Waals surface area contributed by atoms with Gasteiger partial charge >= 0.3 is 7.60 Å². The van der Waals surface area contributed by atoms with Gasteiger partial charge in [-0.25, -0.2) is 0 Å². The molecule has 14 heavy (non-hydrogen) atoms. The first-order valence-electron chi connectivity index (χ1n) is 4.71. The van der Waals surface area contributed by atoms with Crippen LogP contribution in [0.5, 0.6) is 0 Å². The van der Waals surface area contributed by atoms with Crippen LogP contribution < -0.4 is 0 Å². The standard InChI is InChI=1S/C10H13O3P/c11-14(12-7-4-8-13-14)9-10-5-2-1-3-6-10/h1-3,5-6H,4,7-9H2. The van der Waals surface area contributed by atoms with Crippen molar-refractivity contribution in [3.8, 4) is 0 Å². The summed E-state index contributed by atoms with van der Waals surface area (Å²) in [6.07, 6.45) is 1.21. The van der Waals surface area contributed by atoms with Gasteiger partial charge in [-0.1, -0.05) is 30.3 Å². The number of hydrogen-bond donors (Lipinski definition) is 0. The molecule has 1 aromatic rings. The highest BCUT2D eigenvalue weighted by Gasteiger charge is 2.27. The van der Waals surface area contributed by atoms with Crippen LogP contribution in [-0.2, 0) is 19.8 Å². The van der Waals surface area contributed by atoms with Gasteiger partial charge in [-0.15, -0.1) is 0 Å². The summed E-state index contributed by atoms with van der Waals surface area (Å²) in [6, 6.07) is 9.64. The molecule has 0 bridgehead atoms. The Morgan fingerprint density at radius 3 is 2.43 bits per heavy atom. The van der Waals surface area contributed by atoms with Crippen molar-refractivity contribution in [1.82, 2.24) is 0 Å². The van der Waals surface area contributed by atoms with Crippen LogP contribution in [0.25, 0.3) is 0 Å². The molecule has 0 saturated carbocycles. The van der Waals surface area contributed by atoms with Crippen LogP contribution in [0.3, 0.4) is 0 Å². The highest BCUT2D eigenvalue weighted by molar-refractivity contribution is 7.53. The molecule has 2 rings (SSSR count). The Morgan fingerprint density at radius 2 is 1.79 bits per heavy atom. The van der Waals surface area contributed by atoms with Crippen LogP contribution in [0.2, 0.25) is 0 Å². The molecule has 1 aliphatic rings. The Hall–Kier alpha value is -0.630. The minimum absolute atomic E-state index is 0.383. The fourth-order valence-corrected chi connectivity index (χ4v) is 3.13. The van der Waals surface area contributed by atoms with E-state index in [0.717, 1.165) is 12.0 Å². The third-order valence-electron chi connectivity index (χ3n) is 2.08. The van der Waals surface area contributed by atoms with Gasteiger partial charge in [-0.2, -0.15) is 0 Å². The number of benzene rings is 1.